The number of piperidine rings is 1. The number of hydrogen-bond donors (Lipinski definition) is 2. The lowest BCUT2D eigenvalue weighted by Crippen LogP contribution is -2.50. The number of hydrogen-bond acceptors (Lipinski definition) is 3. The number of carbonyl (C=O) groups is 1. The molecule has 2 N–H and O–H groups in total. The standard InChI is InChI=1S/C13H24N2O2/c1-2-10-5-3-7-14-11(10)9-15-13(16)12-6-4-8-17-12/h10-12,14H,2-9H2,1H3,(H,15,16). The van der Waals surface area contributed by atoms with Crippen molar-refractivity contribution in [2.45, 2.75) is 51.2 Å². The first kappa shape index (κ1) is 12.8. The fraction of sp³-hybridized carbons (Fsp3) is 0.923. The highest BCUT2D eigenvalue weighted by molar-refractivity contribution is 5.80. The Labute approximate surface area is 103 Å². The zero-order valence-corrected chi connectivity index (χ0v) is 10.7. The molecule has 0 spiro atoms. The van der Waals surface area contributed by atoms with E-state index in [4.69, 9.17) is 4.74 Å². The van der Waals surface area contributed by atoms with Crippen LogP contribution in [0.15, 0.2) is 0 Å². The largest absolute Gasteiger partial charge is 0.368 e. The van der Waals surface area contributed by atoms with Crippen LogP contribution in [0.1, 0.15) is 39.0 Å². The van der Waals surface area contributed by atoms with Gasteiger partial charge in [0.15, 0.2) is 0 Å². The average Bonchev–Trinajstić information content (AvgIpc) is 2.90. The van der Waals surface area contributed by atoms with Crippen molar-refractivity contribution in [1.29, 1.82) is 0 Å². The number of rotatable bonds is 4. The number of amides is 1. The van der Waals surface area contributed by atoms with Gasteiger partial charge < -0.3 is 15.4 Å². The smallest absolute Gasteiger partial charge is 0.249 e. The third-order valence-electron chi connectivity index (χ3n) is 3.97. The van der Waals surface area contributed by atoms with E-state index in [-0.39, 0.29) is 12.0 Å². The van der Waals surface area contributed by atoms with Crippen LogP contribution in [0.25, 0.3) is 0 Å². The lowest BCUT2D eigenvalue weighted by atomic mass is 9.88. The summed E-state index contributed by atoms with van der Waals surface area (Å²) >= 11 is 0. The average molecular weight is 240 g/mol. The minimum atomic E-state index is -0.196. The molecule has 0 aromatic carbocycles. The number of nitrogens with one attached hydrogen (secondary N) is 2. The normalized spacial score (nSPS) is 33.6. The highest BCUT2D eigenvalue weighted by atomic mass is 16.5. The number of ether oxygens (including phenoxy) is 1. The van der Waals surface area contributed by atoms with Crippen LogP contribution >= 0.6 is 0 Å². The molecule has 2 rings (SSSR count). The summed E-state index contributed by atoms with van der Waals surface area (Å²) in [6, 6.07) is 0.444. The second-order valence-electron chi connectivity index (χ2n) is 5.12. The Morgan fingerprint density at radius 3 is 3.00 bits per heavy atom. The highest BCUT2D eigenvalue weighted by Gasteiger charge is 2.27. The molecule has 2 heterocycles. The third-order valence-corrected chi connectivity index (χ3v) is 3.97. The quantitative estimate of drug-likeness (QED) is 0.772. The van der Waals surface area contributed by atoms with Crippen LogP contribution in [0.2, 0.25) is 0 Å². The molecule has 4 heteroatoms. The first-order valence-electron chi connectivity index (χ1n) is 6.94. The summed E-state index contributed by atoms with van der Waals surface area (Å²) in [6.07, 6.45) is 5.42. The topological polar surface area (TPSA) is 50.4 Å². The van der Waals surface area contributed by atoms with E-state index in [1.54, 1.807) is 0 Å². The maximum absolute atomic E-state index is 11.8. The molecule has 17 heavy (non-hydrogen) atoms. The van der Waals surface area contributed by atoms with Gasteiger partial charge in [-0.25, -0.2) is 0 Å². The maximum atomic E-state index is 11.8. The van der Waals surface area contributed by atoms with Gasteiger partial charge in [0.1, 0.15) is 6.10 Å². The Hall–Kier alpha value is -0.610. The Bertz CT molecular complexity index is 252. The van der Waals surface area contributed by atoms with Crippen molar-refractivity contribution in [2.75, 3.05) is 19.7 Å². The SMILES string of the molecule is CCC1CCCNC1CNC(=O)C1CCCO1. The Balaban J connectivity index is 1.74. The van der Waals surface area contributed by atoms with Crippen LogP contribution in [0, 0.1) is 5.92 Å². The maximum Gasteiger partial charge on any atom is 0.249 e. The summed E-state index contributed by atoms with van der Waals surface area (Å²) in [5.74, 6) is 0.776. The highest BCUT2D eigenvalue weighted by Crippen LogP contribution is 2.19. The second-order valence-corrected chi connectivity index (χ2v) is 5.12. The monoisotopic (exact) mass is 240 g/mol. The lowest BCUT2D eigenvalue weighted by molar-refractivity contribution is -0.130. The van der Waals surface area contributed by atoms with Gasteiger partial charge in [0, 0.05) is 19.2 Å². The van der Waals surface area contributed by atoms with E-state index in [9.17, 15) is 4.79 Å². The zero-order chi connectivity index (χ0) is 12.1. The minimum Gasteiger partial charge on any atom is -0.368 e. The van der Waals surface area contributed by atoms with Crippen molar-refractivity contribution in [1.82, 2.24) is 10.6 Å². The van der Waals surface area contributed by atoms with Gasteiger partial charge in [-0.1, -0.05) is 13.3 Å². The van der Waals surface area contributed by atoms with E-state index in [1.807, 2.05) is 0 Å². The fourth-order valence-electron chi connectivity index (χ4n) is 2.86. The molecule has 0 aromatic rings. The summed E-state index contributed by atoms with van der Waals surface area (Å²) < 4.78 is 5.38. The van der Waals surface area contributed by atoms with Crippen molar-refractivity contribution in [2.24, 2.45) is 5.92 Å². The van der Waals surface area contributed by atoms with Crippen molar-refractivity contribution in [3.05, 3.63) is 0 Å². The third kappa shape index (κ3) is 3.42. The molecule has 0 radical (unpaired) electrons. The summed E-state index contributed by atoms with van der Waals surface area (Å²) in [5.41, 5.74) is 0. The molecule has 98 valence electrons. The van der Waals surface area contributed by atoms with Crippen LogP contribution in [0.3, 0.4) is 0 Å². The molecule has 3 unspecified atom stereocenters. The van der Waals surface area contributed by atoms with E-state index >= 15 is 0 Å². The first-order valence-corrected chi connectivity index (χ1v) is 6.94. The summed E-state index contributed by atoms with van der Waals surface area (Å²) in [6.45, 7) is 4.79. The predicted octanol–water partition coefficient (Wildman–Crippen LogP) is 1.06. The molecule has 2 saturated heterocycles. The summed E-state index contributed by atoms with van der Waals surface area (Å²) in [7, 11) is 0. The Kier molecular flexibility index (Phi) is 4.80. The molecule has 1 amide bonds. The van der Waals surface area contributed by atoms with Gasteiger partial charge in [-0.2, -0.15) is 0 Å². The molecular weight excluding hydrogens is 216 g/mol. The molecule has 0 aliphatic carbocycles. The van der Waals surface area contributed by atoms with E-state index in [2.05, 4.69) is 17.6 Å². The van der Waals surface area contributed by atoms with Crippen LogP contribution in [-0.4, -0.2) is 37.7 Å². The Morgan fingerprint density at radius 1 is 1.41 bits per heavy atom. The molecule has 0 saturated carbocycles. The Morgan fingerprint density at radius 2 is 2.29 bits per heavy atom. The van der Waals surface area contributed by atoms with Crippen molar-refractivity contribution in [3.8, 4) is 0 Å². The molecule has 2 fully saturated rings. The van der Waals surface area contributed by atoms with Crippen LogP contribution < -0.4 is 10.6 Å². The van der Waals surface area contributed by atoms with Gasteiger partial charge >= 0.3 is 0 Å². The van der Waals surface area contributed by atoms with E-state index in [0.717, 1.165) is 32.5 Å². The minimum absolute atomic E-state index is 0.0738. The van der Waals surface area contributed by atoms with E-state index in [0.29, 0.717) is 12.0 Å². The number of carbonyl (C=O) groups excluding carboxylic acids is 1. The molecule has 2 aliphatic rings. The van der Waals surface area contributed by atoms with Gasteiger partial charge in [0.25, 0.3) is 0 Å². The van der Waals surface area contributed by atoms with Gasteiger partial charge in [-0.15, -0.1) is 0 Å². The summed E-state index contributed by atoms with van der Waals surface area (Å²) in [5, 5.41) is 6.54. The van der Waals surface area contributed by atoms with Gasteiger partial charge in [0.2, 0.25) is 5.91 Å². The van der Waals surface area contributed by atoms with E-state index in [1.165, 1.54) is 19.3 Å². The molecule has 3 atom stereocenters. The van der Waals surface area contributed by atoms with Gasteiger partial charge in [-0.05, 0) is 38.1 Å². The van der Waals surface area contributed by atoms with Gasteiger partial charge in [0.05, 0.1) is 0 Å². The fourth-order valence-corrected chi connectivity index (χ4v) is 2.86. The van der Waals surface area contributed by atoms with Crippen molar-refractivity contribution >= 4 is 5.91 Å². The van der Waals surface area contributed by atoms with Crippen LogP contribution in [-0.2, 0) is 9.53 Å². The van der Waals surface area contributed by atoms with Gasteiger partial charge in [-0.3, -0.25) is 4.79 Å². The second kappa shape index (κ2) is 6.36. The van der Waals surface area contributed by atoms with Crippen molar-refractivity contribution < 1.29 is 9.53 Å². The van der Waals surface area contributed by atoms with E-state index < -0.39 is 0 Å². The lowest BCUT2D eigenvalue weighted by Gasteiger charge is -2.32. The molecule has 0 bridgehead atoms. The molecule has 4 nitrogen and oxygen atoms in total. The molecular formula is C13H24N2O2. The predicted molar refractivity (Wildman–Crippen MR) is 66.8 cm³/mol. The molecule has 2 aliphatic heterocycles. The zero-order valence-electron chi connectivity index (χ0n) is 10.7. The van der Waals surface area contributed by atoms with Crippen LogP contribution in [0.5, 0.6) is 0 Å². The summed E-state index contributed by atoms with van der Waals surface area (Å²) in [4.78, 5) is 11.8. The van der Waals surface area contributed by atoms with Crippen molar-refractivity contribution in [3.63, 3.8) is 0 Å². The van der Waals surface area contributed by atoms with Crippen LogP contribution in [0.4, 0.5) is 0 Å². The first-order chi connectivity index (χ1) is 8.31. The molecule has 0 aromatic heterocycles.